The van der Waals surface area contributed by atoms with Gasteiger partial charge in [0.25, 0.3) is 5.56 Å². The number of hydrogen-bond acceptors (Lipinski definition) is 7. The largest absolute Gasteiger partial charge is 0.389 e. The summed E-state index contributed by atoms with van der Waals surface area (Å²) in [5, 5.41) is 0. The molecule has 3 rings (SSSR count). The highest BCUT2D eigenvalue weighted by molar-refractivity contribution is 8.00. The highest BCUT2D eigenvalue weighted by Gasteiger charge is 2.26. The van der Waals surface area contributed by atoms with Crippen LogP contribution < -0.4 is 16.0 Å². The molecule has 166 valence electrons. The Bertz CT molecular complexity index is 1160. The SMILES string of the molecule is CC(C)n1c(=O)c(-c2cc(F)c(NSCCC(F)(F)F)c(F)c2)nc2cnc(N)nc21. The third-order valence-electron chi connectivity index (χ3n) is 4.14. The average molecular weight is 460 g/mol. The number of aromatic nitrogens is 4. The van der Waals surface area contributed by atoms with E-state index in [4.69, 9.17) is 5.73 Å². The number of fused-ring (bicyclic) bond motifs is 1. The molecule has 0 aliphatic rings. The monoisotopic (exact) mass is 460 g/mol. The molecule has 0 aliphatic heterocycles. The summed E-state index contributed by atoms with van der Waals surface area (Å²) in [7, 11) is 0. The molecule has 0 fully saturated rings. The molecule has 0 amide bonds. The van der Waals surface area contributed by atoms with E-state index in [2.05, 4.69) is 19.7 Å². The Labute approximate surface area is 177 Å². The lowest BCUT2D eigenvalue weighted by Crippen LogP contribution is -2.26. The van der Waals surface area contributed by atoms with Gasteiger partial charge in [-0.25, -0.2) is 18.7 Å². The molecule has 0 spiro atoms. The second kappa shape index (κ2) is 8.65. The van der Waals surface area contributed by atoms with Gasteiger partial charge in [0.2, 0.25) is 5.95 Å². The van der Waals surface area contributed by atoms with E-state index < -0.39 is 41.2 Å². The van der Waals surface area contributed by atoms with Crippen LogP contribution in [0.4, 0.5) is 33.6 Å². The van der Waals surface area contributed by atoms with Crippen molar-refractivity contribution in [2.75, 3.05) is 16.2 Å². The zero-order valence-electron chi connectivity index (χ0n) is 16.3. The first-order chi connectivity index (χ1) is 14.5. The quantitative estimate of drug-likeness (QED) is 0.321. The van der Waals surface area contributed by atoms with Crippen molar-refractivity contribution in [2.45, 2.75) is 32.5 Å². The molecule has 7 nitrogen and oxygen atoms in total. The minimum absolute atomic E-state index is 0.0635. The van der Waals surface area contributed by atoms with Gasteiger partial charge in [-0.2, -0.15) is 18.2 Å². The second-order valence-corrected chi connectivity index (χ2v) is 7.70. The molecular weight excluding hydrogens is 443 g/mol. The van der Waals surface area contributed by atoms with Crippen LogP contribution in [0, 0.1) is 11.6 Å². The minimum Gasteiger partial charge on any atom is -0.368 e. The molecule has 0 bridgehead atoms. The molecule has 0 atom stereocenters. The Balaban J connectivity index is 2.01. The number of rotatable bonds is 6. The van der Waals surface area contributed by atoms with E-state index in [9.17, 15) is 26.7 Å². The van der Waals surface area contributed by atoms with Crippen LogP contribution in [0.25, 0.3) is 22.4 Å². The molecule has 2 heterocycles. The maximum absolute atomic E-state index is 14.5. The number of alkyl halides is 3. The smallest absolute Gasteiger partial charge is 0.368 e. The van der Waals surface area contributed by atoms with Crippen molar-refractivity contribution < 1.29 is 22.0 Å². The topological polar surface area (TPSA) is 98.7 Å². The van der Waals surface area contributed by atoms with Crippen LogP contribution in [0.1, 0.15) is 26.3 Å². The lowest BCUT2D eigenvalue weighted by atomic mass is 10.1. The maximum atomic E-state index is 14.5. The first kappa shape index (κ1) is 22.7. The summed E-state index contributed by atoms with van der Waals surface area (Å²) in [6.07, 6.45) is -4.20. The van der Waals surface area contributed by atoms with E-state index in [0.29, 0.717) is 11.9 Å². The summed E-state index contributed by atoms with van der Waals surface area (Å²) in [5.74, 6) is -2.66. The minimum atomic E-state index is -4.37. The molecular formula is C18H17F5N6OS. The van der Waals surface area contributed by atoms with Gasteiger partial charge in [0.05, 0.1) is 12.6 Å². The van der Waals surface area contributed by atoms with Crippen LogP contribution in [0.3, 0.4) is 0 Å². The van der Waals surface area contributed by atoms with E-state index in [1.54, 1.807) is 13.8 Å². The first-order valence-corrected chi connectivity index (χ1v) is 9.95. The first-order valence-electron chi connectivity index (χ1n) is 8.96. The van der Waals surface area contributed by atoms with Crippen molar-refractivity contribution >= 4 is 34.7 Å². The number of anilines is 2. The van der Waals surface area contributed by atoms with Crippen LogP contribution in [0.15, 0.2) is 23.1 Å². The lowest BCUT2D eigenvalue weighted by Gasteiger charge is -2.15. The molecule has 0 saturated carbocycles. The molecule has 0 aliphatic carbocycles. The van der Waals surface area contributed by atoms with Crippen LogP contribution >= 0.6 is 11.9 Å². The van der Waals surface area contributed by atoms with Gasteiger partial charge >= 0.3 is 6.18 Å². The number of hydrogen-bond donors (Lipinski definition) is 2. The Morgan fingerprint density at radius 2 is 1.84 bits per heavy atom. The molecule has 0 saturated heterocycles. The number of nitrogen functional groups attached to an aromatic ring is 1. The van der Waals surface area contributed by atoms with Crippen LogP contribution in [-0.4, -0.2) is 31.4 Å². The normalized spacial score (nSPS) is 12.0. The van der Waals surface area contributed by atoms with Crippen LogP contribution in [0.5, 0.6) is 0 Å². The molecule has 2 aromatic heterocycles. The zero-order valence-corrected chi connectivity index (χ0v) is 17.1. The van der Waals surface area contributed by atoms with Crippen molar-refractivity contribution in [3.63, 3.8) is 0 Å². The Kier molecular flexibility index (Phi) is 6.34. The molecule has 13 heteroatoms. The van der Waals surface area contributed by atoms with Gasteiger partial charge < -0.3 is 10.5 Å². The molecule has 31 heavy (non-hydrogen) atoms. The number of benzene rings is 1. The van der Waals surface area contributed by atoms with E-state index in [-0.39, 0.29) is 34.4 Å². The van der Waals surface area contributed by atoms with Crippen LogP contribution in [-0.2, 0) is 0 Å². The summed E-state index contributed by atoms with van der Waals surface area (Å²) in [5.41, 5.74) is 4.34. The fraction of sp³-hybridized carbons (Fsp3) is 0.333. The van der Waals surface area contributed by atoms with Crippen LogP contribution in [0.2, 0.25) is 0 Å². The van der Waals surface area contributed by atoms with Crippen molar-refractivity contribution in [3.8, 4) is 11.3 Å². The Hall–Kier alpha value is -2.96. The van der Waals surface area contributed by atoms with E-state index in [0.717, 1.165) is 12.1 Å². The molecule has 3 aromatic rings. The van der Waals surface area contributed by atoms with Gasteiger partial charge in [-0.1, -0.05) is 11.9 Å². The van der Waals surface area contributed by atoms with Gasteiger partial charge in [0.1, 0.15) is 16.9 Å². The second-order valence-electron chi connectivity index (χ2n) is 6.80. The lowest BCUT2D eigenvalue weighted by molar-refractivity contribution is -0.129. The average Bonchev–Trinajstić information content (AvgIpc) is 2.65. The Morgan fingerprint density at radius 3 is 2.42 bits per heavy atom. The summed E-state index contributed by atoms with van der Waals surface area (Å²) in [6.45, 7) is 3.44. The van der Waals surface area contributed by atoms with Crippen molar-refractivity contribution in [1.29, 1.82) is 0 Å². The number of nitrogens with one attached hydrogen (secondary N) is 1. The molecule has 0 radical (unpaired) electrons. The third-order valence-corrected chi connectivity index (χ3v) is 4.90. The van der Waals surface area contributed by atoms with Gasteiger partial charge in [-0.05, 0) is 26.0 Å². The summed E-state index contributed by atoms with van der Waals surface area (Å²) < 4.78 is 69.1. The summed E-state index contributed by atoms with van der Waals surface area (Å²) in [4.78, 5) is 25.0. The summed E-state index contributed by atoms with van der Waals surface area (Å²) in [6, 6.07) is 1.40. The molecule has 0 unspecified atom stereocenters. The standard InChI is InChI=1S/C18H17F5N6OS/c1-8(2)29-15-12(7-25-17(24)27-15)26-13(16(29)30)9-5-10(19)14(11(20)6-9)28-31-4-3-18(21,22)23/h5-8,28H,3-4H2,1-2H3,(H2,24,25,27). The van der Waals surface area contributed by atoms with Gasteiger partial charge in [0, 0.05) is 17.4 Å². The molecule has 3 N–H and O–H groups in total. The highest BCUT2D eigenvalue weighted by atomic mass is 32.2. The van der Waals surface area contributed by atoms with E-state index in [1.165, 1.54) is 10.8 Å². The fourth-order valence-electron chi connectivity index (χ4n) is 2.78. The Morgan fingerprint density at radius 1 is 1.19 bits per heavy atom. The van der Waals surface area contributed by atoms with Gasteiger partial charge in [-0.15, -0.1) is 0 Å². The van der Waals surface area contributed by atoms with Crippen molar-refractivity contribution in [3.05, 3.63) is 40.3 Å². The number of nitrogens with zero attached hydrogens (tertiary/aromatic N) is 4. The predicted molar refractivity (Wildman–Crippen MR) is 108 cm³/mol. The number of halogens is 5. The predicted octanol–water partition coefficient (Wildman–Crippen LogP) is 4.31. The third kappa shape index (κ3) is 5.03. The van der Waals surface area contributed by atoms with E-state index in [1.807, 2.05) is 0 Å². The van der Waals surface area contributed by atoms with Gasteiger partial charge in [-0.3, -0.25) is 9.36 Å². The zero-order chi connectivity index (χ0) is 22.9. The van der Waals surface area contributed by atoms with E-state index >= 15 is 0 Å². The summed E-state index contributed by atoms with van der Waals surface area (Å²) >= 11 is 0.516. The number of nitrogens with two attached hydrogens (primary N) is 1. The molecule has 1 aromatic carbocycles. The fourth-order valence-corrected chi connectivity index (χ4v) is 3.55. The van der Waals surface area contributed by atoms with Crippen molar-refractivity contribution in [1.82, 2.24) is 19.5 Å². The maximum Gasteiger partial charge on any atom is 0.389 e. The van der Waals surface area contributed by atoms with Gasteiger partial charge in [0.15, 0.2) is 17.3 Å². The van der Waals surface area contributed by atoms with Crippen molar-refractivity contribution in [2.24, 2.45) is 0 Å². The highest BCUT2D eigenvalue weighted by Crippen LogP contribution is 2.29.